The molecule has 4 aromatic rings. The summed E-state index contributed by atoms with van der Waals surface area (Å²) in [6, 6.07) is 16.1. The summed E-state index contributed by atoms with van der Waals surface area (Å²) in [5.74, 6) is 0. The van der Waals surface area contributed by atoms with Crippen molar-refractivity contribution >= 4 is 59.4 Å². The largest absolute Gasteiger partial charge is 1.00 e. The molecule has 0 aliphatic carbocycles. The maximum atomic E-state index is 12.0. The van der Waals surface area contributed by atoms with E-state index >= 15 is 0 Å². The summed E-state index contributed by atoms with van der Waals surface area (Å²) in [6.07, 6.45) is 0. The molecule has 0 radical (unpaired) electrons. The molecule has 194 valence electrons. The van der Waals surface area contributed by atoms with Gasteiger partial charge in [-0.15, -0.1) is 15.3 Å². The molecule has 0 saturated heterocycles. The number of non-ortho nitro benzene ring substituents is 1. The molecule has 17 heteroatoms. The van der Waals surface area contributed by atoms with E-state index in [1.165, 1.54) is 18.2 Å². The first-order valence-corrected chi connectivity index (χ1v) is 13.3. The monoisotopic (exact) mass is 599 g/mol. The van der Waals surface area contributed by atoms with Gasteiger partial charge in [0.25, 0.3) is 5.69 Å². The number of rotatable bonds is 7. The van der Waals surface area contributed by atoms with Crippen LogP contribution in [0.4, 0.5) is 28.4 Å². The fourth-order valence-electron chi connectivity index (χ4n) is 3.37. The Labute approximate surface area is 272 Å². The molecular weight excluding hydrogens is 584 g/mol. The Kier molecular flexibility index (Phi) is 11.4. The van der Waals surface area contributed by atoms with Crippen LogP contribution in [-0.4, -0.2) is 30.9 Å². The van der Waals surface area contributed by atoms with Crippen LogP contribution in [-0.2, 0) is 20.2 Å². The topological polar surface area (TPSA) is 207 Å². The number of hydrogen-bond acceptors (Lipinski definition) is 12. The van der Waals surface area contributed by atoms with Gasteiger partial charge < -0.3 is 9.11 Å². The van der Waals surface area contributed by atoms with Crippen molar-refractivity contribution in [2.24, 2.45) is 20.5 Å². The van der Waals surface area contributed by atoms with Gasteiger partial charge in [0.1, 0.15) is 31.6 Å². The van der Waals surface area contributed by atoms with Crippen LogP contribution in [0.2, 0.25) is 0 Å². The first-order chi connectivity index (χ1) is 17.8. The van der Waals surface area contributed by atoms with E-state index in [9.17, 15) is 36.1 Å². The molecule has 0 unspecified atom stereocenters. The summed E-state index contributed by atoms with van der Waals surface area (Å²) in [6.45, 7) is 1.60. The van der Waals surface area contributed by atoms with Gasteiger partial charge in [-0.25, -0.2) is 16.8 Å². The minimum absolute atomic E-state index is 0. The summed E-state index contributed by atoms with van der Waals surface area (Å²) >= 11 is 0. The van der Waals surface area contributed by atoms with Crippen molar-refractivity contribution in [1.82, 2.24) is 0 Å². The molecule has 13 nitrogen and oxygen atoms in total. The maximum absolute atomic E-state index is 12.0. The number of nitrogens with zero attached hydrogens (tertiary/aromatic N) is 5. The summed E-state index contributed by atoms with van der Waals surface area (Å²) in [4.78, 5) is 8.81. The van der Waals surface area contributed by atoms with Gasteiger partial charge >= 0.3 is 59.1 Å². The third-order valence-corrected chi connectivity index (χ3v) is 6.96. The Balaban J connectivity index is 0.00000280. The fraction of sp³-hybridized carbons (Fsp3) is 0.0435. The van der Waals surface area contributed by atoms with Gasteiger partial charge in [0.05, 0.1) is 26.1 Å². The van der Waals surface area contributed by atoms with Gasteiger partial charge in [0.15, 0.2) is 0 Å². The number of fused-ring (bicyclic) bond motifs is 1. The maximum Gasteiger partial charge on any atom is 1.00 e. The van der Waals surface area contributed by atoms with Crippen molar-refractivity contribution in [3.05, 3.63) is 88.5 Å². The van der Waals surface area contributed by atoms with Crippen LogP contribution < -0.4 is 59.1 Å². The molecule has 0 heterocycles. The Morgan fingerprint density at radius 3 is 1.62 bits per heavy atom. The number of benzene rings is 4. The van der Waals surface area contributed by atoms with Crippen LogP contribution in [0.3, 0.4) is 0 Å². The smallest absolute Gasteiger partial charge is 0.744 e. The van der Waals surface area contributed by atoms with Crippen molar-refractivity contribution in [3.8, 4) is 0 Å². The van der Waals surface area contributed by atoms with Crippen LogP contribution in [0, 0.1) is 17.0 Å². The predicted molar refractivity (Wildman–Crippen MR) is 133 cm³/mol. The normalized spacial score (nSPS) is 11.9. The van der Waals surface area contributed by atoms with E-state index in [4.69, 9.17) is 0 Å². The number of nitro groups is 1. The summed E-state index contributed by atoms with van der Waals surface area (Å²) in [5, 5.41) is 26.7. The summed E-state index contributed by atoms with van der Waals surface area (Å²) < 4.78 is 71.6. The summed E-state index contributed by atoms with van der Waals surface area (Å²) in [7, 11) is -10.2. The standard InChI is InChI=1S/C23H17N5O8S2.2Na/c1-14-7-8-18(28(29)30)13-19(14)25-27-21-10-15-9-20(26-24-17-5-3-2-4-6-17)22(37(31,32)33)11-16(15)12-23(21)38(34,35)36;;/h2-13H,1H3,(H,31,32,33)(H,34,35,36);;/q;2*+1/p-2. The van der Waals surface area contributed by atoms with Gasteiger partial charge in [-0.2, -0.15) is 5.11 Å². The quantitative estimate of drug-likeness (QED) is 0.0904. The molecule has 0 aliphatic rings. The van der Waals surface area contributed by atoms with Gasteiger partial charge in [-0.3, -0.25) is 10.1 Å². The zero-order valence-electron chi connectivity index (χ0n) is 21.2. The minimum atomic E-state index is -5.15. The molecule has 0 fully saturated rings. The Hall–Kier alpha value is -2.44. The number of nitro benzene ring substituents is 1. The number of azo groups is 2. The molecule has 0 amide bonds. The molecule has 0 aliphatic heterocycles. The van der Waals surface area contributed by atoms with Crippen LogP contribution >= 0.6 is 0 Å². The molecule has 0 bridgehead atoms. The average Bonchev–Trinajstić information content (AvgIpc) is 2.85. The second-order valence-corrected chi connectivity index (χ2v) is 10.6. The van der Waals surface area contributed by atoms with E-state index < -0.39 is 40.6 Å². The molecule has 0 spiro atoms. The first kappa shape index (κ1) is 33.8. The Morgan fingerprint density at radius 2 is 1.12 bits per heavy atom. The third kappa shape index (κ3) is 8.07. The zero-order valence-corrected chi connectivity index (χ0v) is 26.9. The van der Waals surface area contributed by atoms with Gasteiger partial charge in [-0.1, -0.05) is 24.3 Å². The van der Waals surface area contributed by atoms with Crippen LogP contribution in [0.15, 0.2) is 103 Å². The second-order valence-electron chi connectivity index (χ2n) is 7.86. The van der Waals surface area contributed by atoms with Gasteiger partial charge in [-0.05, 0) is 59.7 Å². The van der Waals surface area contributed by atoms with Crippen LogP contribution in [0.5, 0.6) is 0 Å². The molecule has 0 saturated carbocycles. The van der Waals surface area contributed by atoms with Crippen LogP contribution in [0.25, 0.3) is 10.8 Å². The van der Waals surface area contributed by atoms with E-state index in [0.717, 1.165) is 24.3 Å². The molecule has 4 rings (SSSR count). The number of aryl methyl sites for hydroxylation is 1. The van der Waals surface area contributed by atoms with Crippen molar-refractivity contribution < 1.29 is 90.0 Å². The predicted octanol–water partition coefficient (Wildman–Crippen LogP) is -0.297. The average molecular weight is 600 g/mol. The molecule has 40 heavy (non-hydrogen) atoms. The number of hydrogen-bond donors (Lipinski definition) is 0. The van der Waals surface area contributed by atoms with E-state index in [1.807, 2.05) is 0 Å². The molecule has 0 N–H and O–H groups in total. The zero-order chi connectivity index (χ0) is 27.7. The van der Waals surface area contributed by atoms with E-state index in [-0.39, 0.29) is 86.9 Å². The van der Waals surface area contributed by atoms with Gasteiger partial charge in [0, 0.05) is 12.1 Å². The molecule has 0 aromatic heterocycles. The molecule has 4 aromatic carbocycles. The SMILES string of the molecule is Cc1ccc([N+](=O)[O-])cc1N=Nc1cc2cc(N=Nc3ccccc3)c(S(=O)(=O)[O-])cc2cc1S(=O)(=O)[O-].[Na+].[Na+]. The second kappa shape index (κ2) is 13.5. The van der Waals surface area contributed by atoms with Crippen LogP contribution in [0.1, 0.15) is 5.56 Å². The first-order valence-electron chi connectivity index (χ1n) is 10.5. The molecule has 0 atom stereocenters. The van der Waals surface area contributed by atoms with Crippen molar-refractivity contribution in [3.63, 3.8) is 0 Å². The van der Waals surface area contributed by atoms with Crippen molar-refractivity contribution in [1.29, 1.82) is 0 Å². The van der Waals surface area contributed by atoms with Crippen molar-refractivity contribution in [2.75, 3.05) is 0 Å². The van der Waals surface area contributed by atoms with Crippen molar-refractivity contribution in [2.45, 2.75) is 16.7 Å². The minimum Gasteiger partial charge on any atom is -0.744 e. The Bertz CT molecular complexity index is 1870. The third-order valence-electron chi connectivity index (χ3n) is 5.23. The summed E-state index contributed by atoms with van der Waals surface area (Å²) in [5.41, 5.74) is -0.108. The van der Waals surface area contributed by atoms with E-state index in [2.05, 4.69) is 20.5 Å². The Morgan fingerprint density at radius 1 is 0.650 bits per heavy atom. The van der Waals surface area contributed by atoms with E-state index in [1.54, 1.807) is 37.3 Å². The molecular formula is C23H15N5Na2O8S2. The fourth-order valence-corrected chi connectivity index (χ4v) is 4.63. The van der Waals surface area contributed by atoms with Gasteiger partial charge in [0.2, 0.25) is 0 Å². The van der Waals surface area contributed by atoms with E-state index in [0.29, 0.717) is 11.3 Å².